The van der Waals surface area contributed by atoms with E-state index in [1.807, 2.05) is 0 Å². The number of hydrogen-bond donors (Lipinski definition) is 4. The molecule has 0 radical (unpaired) electrons. The van der Waals surface area contributed by atoms with Gasteiger partial charge in [-0.2, -0.15) is 0 Å². The van der Waals surface area contributed by atoms with E-state index in [1.54, 1.807) is 26.0 Å². The van der Waals surface area contributed by atoms with Gasteiger partial charge in [-0.05, 0) is 6.42 Å². The smallest absolute Gasteiger partial charge is 0.327 e. The van der Waals surface area contributed by atoms with Gasteiger partial charge in [0.05, 0.1) is 11.1 Å². The van der Waals surface area contributed by atoms with E-state index in [-0.39, 0.29) is 39.8 Å². The van der Waals surface area contributed by atoms with Crippen LogP contribution in [-0.2, 0) is 9.59 Å². The predicted octanol–water partition coefficient (Wildman–Crippen LogP) is 3.75. The lowest BCUT2D eigenvalue weighted by Crippen LogP contribution is -2.23. The van der Waals surface area contributed by atoms with Gasteiger partial charge in [0, 0.05) is 46.2 Å². The molecule has 0 heterocycles. The molecule has 170 valence electrons. The number of carboxylic acid groups (broad SMARTS) is 2. The molecule has 0 aliphatic heterocycles. The van der Waals surface area contributed by atoms with Gasteiger partial charge in [-0.15, -0.1) is 0 Å². The second kappa shape index (κ2) is 9.12. The molecule has 2 aromatic carbocycles. The van der Waals surface area contributed by atoms with E-state index in [1.165, 1.54) is 24.3 Å². The summed E-state index contributed by atoms with van der Waals surface area (Å²) in [6, 6.07) is 6.04. The van der Waals surface area contributed by atoms with Gasteiger partial charge in [-0.25, -0.2) is 9.59 Å². The summed E-state index contributed by atoms with van der Waals surface area (Å²) < 4.78 is 0. The van der Waals surface area contributed by atoms with Crippen molar-refractivity contribution in [2.75, 3.05) is 0 Å². The molecule has 1 aliphatic carbocycles. The number of fused-ring (bicyclic) bond motifs is 2. The minimum absolute atomic E-state index is 0.0474. The lowest BCUT2D eigenvalue weighted by Gasteiger charge is -2.28. The number of carboxylic acids is 2. The first-order valence-corrected chi connectivity index (χ1v) is 10.2. The maximum Gasteiger partial charge on any atom is 0.327 e. The molecule has 3 rings (SSSR count). The molecule has 8 heteroatoms. The molecule has 4 N–H and O–H groups in total. The highest BCUT2D eigenvalue weighted by molar-refractivity contribution is 6.30. The minimum Gasteiger partial charge on any atom is -0.507 e. The van der Waals surface area contributed by atoms with Crippen LogP contribution in [-0.4, -0.2) is 43.9 Å². The van der Waals surface area contributed by atoms with Crippen LogP contribution in [0.4, 0.5) is 0 Å². The second-order valence-electron chi connectivity index (χ2n) is 7.68. The summed E-state index contributed by atoms with van der Waals surface area (Å²) in [7, 11) is 0. The highest BCUT2D eigenvalue weighted by atomic mass is 16.4. The molecule has 1 aliphatic rings. The fraction of sp³-hybridized carbons (Fsp3) is 0.200. The maximum absolute atomic E-state index is 13.2. The van der Waals surface area contributed by atoms with Crippen LogP contribution in [0.15, 0.2) is 48.6 Å². The van der Waals surface area contributed by atoms with Crippen LogP contribution in [0.25, 0.3) is 0 Å². The number of carbonyl (C=O) groups is 4. The zero-order chi connectivity index (χ0) is 24.4. The van der Waals surface area contributed by atoms with E-state index in [0.717, 1.165) is 12.2 Å². The third-order valence-corrected chi connectivity index (χ3v) is 5.66. The number of phenols is 2. The van der Waals surface area contributed by atoms with E-state index in [0.29, 0.717) is 0 Å². The molecule has 2 aromatic rings. The quantitative estimate of drug-likeness (QED) is 0.314. The molecule has 0 aromatic heterocycles. The summed E-state index contributed by atoms with van der Waals surface area (Å²) in [5.74, 6) is -6.37. The number of allylic oxidation sites excluding steroid dienone is 2. The molecule has 0 saturated heterocycles. The van der Waals surface area contributed by atoms with Crippen LogP contribution in [0.1, 0.15) is 75.1 Å². The fourth-order valence-corrected chi connectivity index (χ4v) is 4.15. The monoisotopic (exact) mass is 450 g/mol. The van der Waals surface area contributed by atoms with Crippen molar-refractivity contribution in [2.45, 2.75) is 32.1 Å². The molecule has 2 atom stereocenters. The van der Waals surface area contributed by atoms with Crippen molar-refractivity contribution < 1.29 is 39.6 Å². The normalized spacial score (nSPS) is 14.8. The Morgan fingerprint density at radius 3 is 1.76 bits per heavy atom. The Labute approximate surface area is 189 Å². The molecule has 0 spiro atoms. The highest BCUT2D eigenvalue weighted by Gasteiger charge is 2.39. The van der Waals surface area contributed by atoms with Gasteiger partial charge in [0.15, 0.2) is 11.6 Å². The van der Waals surface area contributed by atoms with Crippen molar-refractivity contribution in [1.82, 2.24) is 0 Å². The molecule has 0 bridgehead atoms. The molecule has 0 fully saturated rings. The molecule has 2 unspecified atom stereocenters. The van der Waals surface area contributed by atoms with Gasteiger partial charge in [-0.1, -0.05) is 50.3 Å². The standard InChI is InChI=1S/C25H22O8/c1-3-13(9-11-17(28)29)19-18(12(2)8-10-16(26)27)24(32)20-21(25(19)33)23(31)15-7-5-4-6-14(15)22(20)30/h4-13,32-33H,3H2,1-2H3,(H,26,27)(H,28,29). The van der Waals surface area contributed by atoms with Crippen LogP contribution in [0.2, 0.25) is 0 Å². The van der Waals surface area contributed by atoms with Crippen molar-refractivity contribution in [3.8, 4) is 11.5 Å². The van der Waals surface area contributed by atoms with Gasteiger partial charge in [0.25, 0.3) is 0 Å². The predicted molar refractivity (Wildman–Crippen MR) is 118 cm³/mol. The minimum atomic E-state index is -1.23. The van der Waals surface area contributed by atoms with Crippen molar-refractivity contribution in [3.63, 3.8) is 0 Å². The number of aliphatic carboxylic acids is 2. The number of phenolic OH excluding ortho intramolecular Hbond substituents is 2. The Morgan fingerprint density at radius 1 is 0.848 bits per heavy atom. The van der Waals surface area contributed by atoms with Crippen molar-refractivity contribution >= 4 is 23.5 Å². The Morgan fingerprint density at radius 2 is 1.30 bits per heavy atom. The van der Waals surface area contributed by atoms with E-state index >= 15 is 0 Å². The van der Waals surface area contributed by atoms with E-state index < -0.39 is 46.8 Å². The lowest BCUT2D eigenvalue weighted by atomic mass is 9.76. The van der Waals surface area contributed by atoms with Crippen LogP contribution < -0.4 is 0 Å². The molecular formula is C25H22O8. The summed E-state index contributed by atoms with van der Waals surface area (Å²) in [5.41, 5.74) is -0.444. The molecule has 0 saturated carbocycles. The summed E-state index contributed by atoms with van der Waals surface area (Å²) in [6.07, 6.45) is 4.61. The molecular weight excluding hydrogens is 428 g/mol. The van der Waals surface area contributed by atoms with Crippen LogP contribution in [0, 0.1) is 0 Å². The largest absolute Gasteiger partial charge is 0.507 e. The van der Waals surface area contributed by atoms with Gasteiger partial charge >= 0.3 is 11.9 Å². The first kappa shape index (κ1) is 23.5. The van der Waals surface area contributed by atoms with Gasteiger partial charge < -0.3 is 20.4 Å². The van der Waals surface area contributed by atoms with Crippen molar-refractivity contribution in [2.24, 2.45) is 0 Å². The van der Waals surface area contributed by atoms with E-state index in [4.69, 9.17) is 10.2 Å². The zero-order valence-corrected chi connectivity index (χ0v) is 17.9. The fourth-order valence-electron chi connectivity index (χ4n) is 4.15. The SMILES string of the molecule is CCC(C=CC(=O)O)c1c(O)c2c(c(O)c1C(C)C=CC(=O)O)C(=O)c1ccccc1C2=O. The van der Waals surface area contributed by atoms with Crippen molar-refractivity contribution in [1.29, 1.82) is 0 Å². The summed E-state index contributed by atoms with van der Waals surface area (Å²) >= 11 is 0. The van der Waals surface area contributed by atoms with E-state index in [2.05, 4.69) is 0 Å². The molecule has 0 amide bonds. The Kier molecular flexibility index (Phi) is 6.48. The summed E-state index contributed by atoms with van der Waals surface area (Å²) in [5, 5.41) is 40.5. The summed E-state index contributed by atoms with van der Waals surface area (Å²) in [6.45, 7) is 3.27. The van der Waals surface area contributed by atoms with E-state index in [9.17, 15) is 29.4 Å². The first-order valence-electron chi connectivity index (χ1n) is 10.2. The molecule has 33 heavy (non-hydrogen) atoms. The Balaban J connectivity index is 2.40. The Hall–Kier alpha value is -4.20. The highest BCUT2D eigenvalue weighted by Crippen LogP contribution is 2.49. The third-order valence-electron chi connectivity index (χ3n) is 5.66. The topological polar surface area (TPSA) is 149 Å². The van der Waals surface area contributed by atoms with Gasteiger partial charge in [-0.3, -0.25) is 9.59 Å². The van der Waals surface area contributed by atoms with Crippen LogP contribution in [0.3, 0.4) is 0 Å². The third kappa shape index (κ3) is 4.15. The number of ketones is 2. The number of benzene rings is 2. The Bertz CT molecular complexity index is 1240. The summed E-state index contributed by atoms with van der Waals surface area (Å²) in [4.78, 5) is 48.6. The average Bonchev–Trinajstić information content (AvgIpc) is 2.77. The first-order chi connectivity index (χ1) is 15.6. The number of rotatable bonds is 7. The van der Waals surface area contributed by atoms with Gasteiger partial charge in [0.1, 0.15) is 11.5 Å². The lowest BCUT2D eigenvalue weighted by molar-refractivity contribution is -0.132. The number of hydrogen-bond acceptors (Lipinski definition) is 6. The maximum atomic E-state index is 13.2. The number of aromatic hydroxyl groups is 2. The van der Waals surface area contributed by atoms with Crippen LogP contribution >= 0.6 is 0 Å². The van der Waals surface area contributed by atoms with Crippen molar-refractivity contribution in [3.05, 3.63) is 82.0 Å². The number of carbonyl (C=O) groups excluding carboxylic acids is 2. The van der Waals surface area contributed by atoms with Crippen LogP contribution in [0.5, 0.6) is 11.5 Å². The average molecular weight is 450 g/mol. The second-order valence-corrected chi connectivity index (χ2v) is 7.68. The van der Waals surface area contributed by atoms with Gasteiger partial charge in [0.2, 0.25) is 0 Å². The zero-order valence-electron chi connectivity index (χ0n) is 17.9. The molecule has 8 nitrogen and oxygen atoms in total.